The van der Waals surface area contributed by atoms with Crippen molar-refractivity contribution < 1.29 is 67.6 Å². The van der Waals surface area contributed by atoms with Gasteiger partial charge < -0.3 is 62.9 Å². The van der Waals surface area contributed by atoms with Gasteiger partial charge >= 0.3 is 12.1 Å². The molecule has 2 saturated heterocycles. The number of aliphatic hydroxyl groups excluding tert-OH is 2. The minimum Gasteiger partial charge on any atom is -1.00 e. The fourth-order valence-electron chi connectivity index (χ4n) is 6.46. The van der Waals surface area contributed by atoms with Gasteiger partial charge in [-0.2, -0.15) is 0 Å². The van der Waals surface area contributed by atoms with Crippen LogP contribution >= 0.6 is 0 Å². The number of ether oxygens (including phenoxy) is 3. The second kappa shape index (κ2) is 18.5. The van der Waals surface area contributed by atoms with E-state index in [1.165, 1.54) is 0 Å². The Labute approximate surface area is 299 Å². The first kappa shape index (κ1) is 41.7. The lowest BCUT2D eigenvalue weighted by atomic mass is 9.88. The third-order valence-corrected chi connectivity index (χ3v) is 9.99. The molecule has 0 bridgehead atoms. The number of epoxide rings is 1. The third-order valence-electron chi connectivity index (χ3n) is 9.99. The Morgan fingerprint density at radius 1 is 1.23 bits per heavy atom. The molecule has 0 aromatic heterocycles. The van der Waals surface area contributed by atoms with Crippen LogP contribution in [0.25, 0.3) is 0 Å². The number of cyclic esters (lactones) is 1. The summed E-state index contributed by atoms with van der Waals surface area (Å²) in [5.74, 6) is -0.440. The molecule has 0 aromatic carbocycles. The first-order valence-corrected chi connectivity index (χ1v) is 17.3. The van der Waals surface area contributed by atoms with Crippen molar-refractivity contribution in [2.75, 3.05) is 40.3 Å². The Balaban J connectivity index is 0.00000768. The number of rotatable bonds is 9. The molecule has 0 spiro atoms. The number of carbonyl (C=O) groups excluding carboxylic acids is 2. The van der Waals surface area contributed by atoms with Crippen LogP contribution in [-0.2, 0) is 19.0 Å². The van der Waals surface area contributed by atoms with E-state index in [2.05, 4.69) is 27.1 Å². The molecule has 3 rings (SSSR count). The Kier molecular flexibility index (Phi) is 16.4. The van der Waals surface area contributed by atoms with Crippen molar-refractivity contribution in [3.8, 4) is 0 Å². The van der Waals surface area contributed by atoms with Crippen LogP contribution in [0, 0.1) is 17.8 Å². The second-order valence-electron chi connectivity index (χ2n) is 14.9. The summed E-state index contributed by atoms with van der Waals surface area (Å²) >= 11 is 0. The van der Waals surface area contributed by atoms with Crippen molar-refractivity contribution in [3.05, 3.63) is 36.0 Å². The number of aliphatic hydroxyl groups is 3. The summed E-state index contributed by atoms with van der Waals surface area (Å²) in [5, 5.41) is 32.2. The number of likely N-dealkylation sites (N-methyl/N-ethyl adjacent to an activating group) is 1. The molecular weight excluding hydrogens is 715 g/mol. The highest BCUT2D eigenvalue weighted by atomic mass is 127. The fourth-order valence-corrected chi connectivity index (χ4v) is 6.46. The third kappa shape index (κ3) is 13.0. The molecule has 47 heavy (non-hydrogen) atoms. The Bertz CT molecular complexity index is 1110. The van der Waals surface area contributed by atoms with E-state index in [-0.39, 0.29) is 79.3 Å². The zero-order valence-corrected chi connectivity index (χ0v) is 32.0. The SMILES string of the molecule is CC[C@H](O)[C@@H](C)[C@H]1O[C@@H]1C[C@H](C)/C=C/C=C(\C)[C@H]1OC(=O)C[C@H](O)CC[C@@](C)(O)[C@@H](OC(=O)N2CCC[N+](C)(C)CC2)/C=C/[C@@H]1C.[I-]. The zero-order valence-electron chi connectivity index (χ0n) is 29.8. The van der Waals surface area contributed by atoms with Gasteiger partial charge in [0.15, 0.2) is 6.10 Å². The van der Waals surface area contributed by atoms with Gasteiger partial charge in [-0.3, -0.25) is 4.79 Å². The van der Waals surface area contributed by atoms with E-state index >= 15 is 0 Å². The van der Waals surface area contributed by atoms with Crippen molar-refractivity contribution in [1.82, 2.24) is 4.90 Å². The summed E-state index contributed by atoms with van der Waals surface area (Å²) in [5.41, 5.74) is -0.626. The van der Waals surface area contributed by atoms with Crippen LogP contribution in [0.3, 0.4) is 0 Å². The number of allylic oxidation sites excluding steroid dienone is 3. The van der Waals surface area contributed by atoms with E-state index in [0.29, 0.717) is 19.5 Å². The van der Waals surface area contributed by atoms with Gasteiger partial charge in [-0.1, -0.05) is 52.0 Å². The van der Waals surface area contributed by atoms with Gasteiger partial charge in [0, 0.05) is 24.8 Å². The van der Waals surface area contributed by atoms with Crippen molar-refractivity contribution in [3.63, 3.8) is 0 Å². The average Bonchev–Trinajstić information content (AvgIpc) is 3.77. The normalized spacial score (nSPS) is 34.8. The van der Waals surface area contributed by atoms with Gasteiger partial charge in [-0.15, -0.1) is 0 Å². The highest BCUT2D eigenvalue weighted by Crippen LogP contribution is 2.36. The Morgan fingerprint density at radius 3 is 2.62 bits per heavy atom. The van der Waals surface area contributed by atoms with Gasteiger partial charge in [-0.05, 0) is 57.1 Å². The fraction of sp³-hybridized carbons (Fsp3) is 0.778. The molecule has 11 heteroatoms. The molecule has 0 saturated carbocycles. The molecule has 3 N–H and O–H groups in total. The molecular formula is C36H61IN2O8. The maximum atomic E-state index is 13.3. The van der Waals surface area contributed by atoms with Gasteiger partial charge in [0.1, 0.15) is 11.7 Å². The van der Waals surface area contributed by atoms with Crippen LogP contribution in [-0.4, -0.2) is 119 Å². The molecule has 10 nitrogen and oxygen atoms in total. The number of halogens is 1. The van der Waals surface area contributed by atoms with Crippen molar-refractivity contribution in [2.45, 2.75) is 122 Å². The van der Waals surface area contributed by atoms with Crippen molar-refractivity contribution >= 4 is 12.1 Å². The molecule has 3 aliphatic heterocycles. The summed E-state index contributed by atoms with van der Waals surface area (Å²) in [6.07, 6.45) is 8.94. The van der Waals surface area contributed by atoms with Gasteiger partial charge in [0.05, 0.1) is 64.6 Å². The van der Waals surface area contributed by atoms with Crippen LogP contribution < -0.4 is 24.0 Å². The predicted octanol–water partition coefficient (Wildman–Crippen LogP) is 1.38. The van der Waals surface area contributed by atoms with E-state index in [1.807, 2.05) is 45.9 Å². The van der Waals surface area contributed by atoms with Crippen molar-refractivity contribution in [2.24, 2.45) is 17.8 Å². The zero-order chi connectivity index (χ0) is 34.2. The molecule has 1 amide bonds. The van der Waals surface area contributed by atoms with Crippen LogP contribution in [0.15, 0.2) is 36.0 Å². The van der Waals surface area contributed by atoms with E-state index in [1.54, 1.807) is 17.9 Å². The topological polar surface area (TPSA) is 129 Å². The second-order valence-corrected chi connectivity index (χ2v) is 14.9. The Hall–Kier alpha value is -1.51. The maximum Gasteiger partial charge on any atom is 0.410 e. The lowest BCUT2D eigenvalue weighted by Crippen LogP contribution is -3.00. The number of esters is 1. The van der Waals surface area contributed by atoms with Crippen LogP contribution in [0.5, 0.6) is 0 Å². The highest BCUT2D eigenvalue weighted by Gasteiger charge is 2.45. The number of carbonyl (C=O) groups is 2. The molecule has 0 unspecified atom stereocenters. The summed E-state index contributed by atoms with van der Waals surface area (Å²) in [6, 6.07) is 0. The number of hydrogen-bond donors (Lipinski definition) is 3. The molecule has 2 fully saturated rings. The van der Waals surface area contributed by atoms with E-state index in [9.17, 15) is 24.9 Å². The summed E-state index contributed by atoms with van der Waals surface area (Å²) in [6.45, 7) is 14.5. The molecule has 0 radical (unpaired) electrons. The Morgan fingerprint density at radius 2 is 1.94 bits per heavy atom. The smallest absolute Gasteiger partial charge is 0.410 e. The van der Waals surface area contributed by atoms with E-state index in [4.69, 9.17) is 14.2 Å². The molecule has 0 aromatic rings. The number of hydrogen-bond acceptors (Lipinski definition) is 8. The number of quaternary nitrogens is 1. The van der Waals surface area contributed by atoms with Gasteiger partial charge in [0.2, 0.25) is 0 Å². The quantitative estimate of drug-likeness (QED) is 0.0802. The van der Waals surface area contributed by atoms with E-state index in [0.717, 1.165) is 36.0 Å². The lowest BCUT2D eigenvalue weighted by Gasteiger charge is -2.34. The molecule has 0 aliphatic carbocycles. The minimum atomic E-state index is -1.45. The largest absolute Gasteiger partial charge is 1.00 e. The molecule has 3 aliphatic rings. The predicted molar refractivity (Wildman–Crippen MR) is 178 cm³/mol. The summed E-state index contributed by atoms with van der Waals surface area (Å²) < 4.78 is 18.5. The van der Waals surface area contributed by atoms with Crippen LogP contribution in [0.1, 0.15) is 80.1 Å². The monoisotopic (exact) mass is 776 g/mol. The van der Waals surface area contributed by atoms with Gasteiger partial charge in [-0.25, -0.2) is 4.79 Å². The first-order valence-electron chi connectivity index (χ1n) is 17.3. The minimum absolute atomic E-state index is 0. The standard InChI is InChI=1S/C36H61N2O8.HI/c1-9-29(40)27(5)34-30(44-34)22-24(2)12-10-13-25(3)33-26(4)14-15-31(36(6,43)17-16-28(39)23-32(41)46-33)45-35(42)37-18-11-20-38(7,8)21-19-37;/h10,12-15,24,26-31,33-34,39-40,43H,9,11,16-23H2,1-8H3;1H/q+1;/p-1/b12-10+,15-14+,25-13+;/t24-,26+,27-,28-,29+,30-,31+,33-,34-,36-;/m1./s1. The van der Waals surface area contributed by atoms with Crippen molar-refractivity contribution in [1.29, 1.82) is 0 Å². The van der Waals surface area contributed by atoms with Crippen LogP contribution in [0.2, 0.25) is 0 Å². The molecule has 3 heterocycles. The lowest BCUT2D eigenvalue weighted by molar-refractivity contribution is -0.888. The number of amides is 1. The highest BCUT2D eigenvalue weighted by molar-refractivity contribution is 5.70. The summed E-state index contributed by atoms with van der Waals surface area (Å²) in [4.78, 5) is 27.8. The molecule has 270 valence electrons. The number of nitrogens with zero attached hydrogens (tertiary/aromatic N) is 2. The summed E-state index contributed by atoms with van der Waals surface area (Å²) in [7, 11) is 4.30. The maximum absolute atomic E-state index is 13.3. The van der Waals surface area contributed by atoms with E-state index < -0.39 is 36.0 Å². The molecule has 10 atom stereocenters. The average molecular weight is 777 g/mol. The van der Waals surface area contributed by atoms with Gasteiger partial charge in [0.25, 0.3) is 0 Å². The van der Waals surface area contributed by atoms with Crippen LogP contribution in [0.4, 0.5) is 4.79 Å². The first-order chi connectivity index (χ1) is 21.5.